The van der Waals surface area contributed by atoms with Gasteiger partial charge in [0.2, 0.25) is 0 Å². The Kier molecular flexibility index (Phi) is 22.8. The quantitative estimate of drug-likeness (QED) is 0.0484. The lowest BCUT2D eigenvalue weighted by atomic mass is 10.1. The van der Waals surface area contributed by atoms with E-state index in [4.69, 9.17) is 18.5 Å². The summed E-state index contributed by atoms with van der Waals surface area (Å²) >= 11 is 0. The Labute approximate surface area is 241 Å². The standard InChI is InChI=1S/C31H62NO6P/c1-8-9-10-11-12-13-14-15-16-17-18-19-20-21-22-23-24-26-35-28-30(38-31(2,3)4)29-37-39(33,34)36-27-25-32(5,6)7/h13-14,19-20,30H,8-12,15-18,21-29H2,1-7H3/p+1/b14-13-,20-19-/t30-/m1/s1. The van der Waals surface area contributed by atoms with Crippen LogP contribution in [-0.2, 0) is 23.1 Å². The van der Waals surface area contributed by atoms with Gasteiger partial charge in [-0.1, -0.05) is 56.9 Å². The van der Waals surface area contributed by atoms with Crippen molar-refractivity contribution in [1.29, 1.82) is 0 Å². The van der Waals surface area contributed by atoms with Crippen molar-refractivity contribution in [2.75, 3.05) is 54.1 Å². The van der Waals surface area contributed by atoms with Crippen LogP contribution in [-0.4, -0.2) is 75.2 Å². The maximum absolute atomic E-state index is 12.2. The fraction of sp³-hybridized carbons (Fsp3) is 0.871. The minimum absolute atomic E-state index is 0.0600. The van der Waals surface area contributed by atoms with Gasteiger partial charge in [0.25, 0.3) is 0 Å². The van der Waals surface area contributed by atoms with Gasteiger partial charge in [-0.2, -0.15) is 0 Å². The minimum Gasteiger partial charge on any atom is -0.379 e. The Morgan fingerprint density at radius 1 is 0.744 bits per heavy atom. The predicted molar refractivity (Wildman–Crippen MR) is 164 cm³/mol. The Balaban J connectivity index is 3.92. The van der Waals surface area contributed by atoms with E-state index in [9.17, 15) is 9.46 Å². The molecule has 1 N–H and O–H groups in total. The summed E-state index contributed by atoms with van der Waals surface area (Å²) in [6.45, 7) is 9.71. The smallest absolute Gasteiger partial charge is 0.379 e. The molecule has 0 saturated carbocycles. The topological polar surface area (TPSA) is 74.2 Å². The third-order valence-electron chi connectivity index (χ3n) is 5.97. The minimum atomic E-state index is -4.13. The summed E-state index contributed by atoms with van der Waals surface area (Å²) in [5.41, 5.74) is -0.418. The third kappa shape index (κ3) is 30.3. The number of phosphoric acid groups is 1. The fourth-order valence-electron chi connectivity index (χ4n) is 3.80. The van der Waals surface area contributed by atoms with Crippen LogP contribution in [0.2, 0.25) is 0 Å². The highest BCUT2D eigenvalue weighted by atomic mass is 31.2. The van der Waals surface area contributed by atoms with Gasteiger partial charge in [-0.05, 0) is 78.6 Å². The second-order valence-electron chi connectivity index (χ2n) is 12.5. The van der Waals surface area contributed by atoms with E-state index in [0.29, 0.717) is 24.2 Å². The van der Waals surface area contributed by atoms with Crippen molar-refractivity contribution in [3.63, 3.8) is 0 Å². The highest BCUT2D eigenvalue weighted by Crippen LogP contribution is 2.43. The molecular weight excluding hydrogens is 513 g/mol. The summed E-state index contributed by atoms with van der Waals surface area (Å²) < 4.78 is 35.0. The number of ether oxygens (including phenoxy) is 2. The highest BCUT2D eigenvalue weighted by Gasteiger charge is 2.27. The molecule has 0 aromatic rings. The number of hydrogen-bond acceptors (Lipinski definition) is 5. The second-order valence-corrected chi connectivity index (χ2v) is 13.9. The van der Waals surface area contributed by atoms with E-state index in [1.807, 2.05) is 41.9 Å². The molecule has 0 aliphatic carbocycles. The van der Waals surface area contributed by atoms with Gasteiger partial charge in [-0.3, -0.25) is 9.05 Å². The van der Waals surface area contributed by atoms with Crippen LogP contribution in [0, 0.1) is 0 Å². The van der Waals surface area contributed by atoms with Crippen molar-refractivity contribution in [3.05, 3.63) is 24.3 Å². The van der Waals surface area contributed by atoms with E-state index in [1.54, 1.807) is 0 Å². The van der Waals surface area contributed by atoms with Crippen LogP contribution < -0.4 is 0 Å². The van der Waals surface area contributed by atoms with Crippen LogP contribution >= 0.6 is 7.82 Å². The zero-order valence-corrected chi connectivity index (χ0v) is 27.4. The predicted octanol–water partition coefficient (Wildman–Crippen LogP) is 8.23. The van der Waals surface area contributed by atoms with Crippen molar-refractivity contribution in [3.8, 4) is 0 Å². The SMILES string of the molecule is CCCCCC/C=C\CCCC/C=C\CCCCCOC[C@H](COP(=O)(O)OCC[N+](C)(C)C)OC(C)(C)C. The maximum Gasteiger partial charge on any atom is 0.472 e. The van der Waals surface area contributed by atoms with Gasteiger partial charge in [-0.25, -0.2) is 4.57 Å². The number of nitrogens with zero attached hydrogens (tertiary/aromatic N) is 1. The Bertz CT molecular complexity index is 669. The molecule has 0 aliphatic heterocycles. The lowest BCUT2D eigenvalue weighted by Gasteiger charge is -2.28. The highest BCUT2D eigenvalue weighted by molar-refractivity contribution is 7.47. The summed E-state index contributed by atoms with van der Waals surface area (Å²) in [5.74, 6) is 0. The number of likely N-dealkylation sites (N-methyl/N-ethyl adjacent to an activating group) is 1. The lowest BCUT2D eigenvalue weighted by molar-refractivity contribution is -0.870. The molecule has 1 unspecified atom stereocenters. The van der Waals surface area contributed by atoms with E-state index in [0.717, 1.165) is 25.7 Å². The van der Waals surface area contributed by atoms with Gasteiger partial charge in [0, 0.05) is 6.61 Å². The van der Waals surface area contributed by atoms with Crippen molar-refractivity contribution >= 4 is 7.82 Å². The van der Waals surface area contributed by atoms with E-state index in [2.05, 4.69) is 31.2 Å². The molecule has 0 aromatic heterocycles. The van der Waals surface area contributed by atoms with Crippen LogP contribution in [0.4, 0.5) is 0 Å². The molecule has 2 atom stereocenters. The Hall–Kier alpha value is -0.530. The number of hydrogen-bond donors (Lipinski definition) is 1. The molecule has 232 valence electrons. The van der Waals surface area contributed by atoms with Gasteiger partial charge in [0.1, 0.15) is 19.3 Å². The molecule has 0 rings (SSSR count). The largest absolute Gasteiger partial charge is 0.472 e. The molecule has 0 aromatic carbocycles. The van der Waals surface area contributed by atoms with Crippen LogP contribution in [0.1, 0.15) is 111 Å². The van der Waals surface area contributed by atoms with Gasteiger partial charge in [0.05, 0.1) is 40.0 Å². The summed E-state index contributed by atoms with van der Waals surface area (Å²) in [6, 6.07) is 0. The van der Waals surface area contributed by atoms with E-state index in [1.165, 1.54) is 57.8 Å². The first-order valence-electron chi connectivity index (χ1n) is 15.3. The number of quaternary nitrogens is 1. The fourth-order valence-corrected chi connectivity index (χ4v) is 4.54. The molecule has 0 spiro atoms. The first-order valence-corrected chi connectivity index (χ1v) is 16.8. The number of unbranched alkanes of at least 4 members (excludes halogenated alkanes) is 10. The second kappa shape index (κ2) is 23.1. The van der Waals surface area contributed by atoms with Crippen molar-refractivity contribution < 1.29 is 32.5 Å². The van der Waals surface area contributed by atoms with E-state index >= 15 is 0 Å². The number of allylic oxidation sites excluding steroid dienone is 4. The van der Waals surface area contributed by atoms with Crippen LogP contribution in [0.5, 0.6) is 0 Å². The lowest BCUT2D eigenvalue weighted by Crippen LogP contribution is -2.37. The molecule has 0 aliphatic rings. The zero-order chi connectivity index (χ0) is 29.5. The molecule has 0 radical (unpaired) electrons. The molecule has 7 nitrogen and oxygen atoms in total. The first-order chi connectivity index (χ1) is 18.3. The average molecular weight is 577 g/mol. The van der Waals surface area contributed by atoms with E-state index in [-0.39, 0.29) is 13.2 Å². The van der Waals surface area contributed by atoms with Crippen molar-refractivity contribution in [2.24, 2.45) is 0 Å². The summed E-state index contributed by atoms with van der Waals surface area (Å²) in [5, 5.41) is 0. The molecule has 0 amide bonds. The summed E-state index contributed by atoms with van der Waals surface area (Å²) in [4.78, 5) is 9.99. The number of rotatable bonds is 26. The maximum atomic E-state index is 12.2. The summed E-state index contributed by atoms with van der Waals surface area (Å²) in [7, 11) is 1.84. The van der Waals surface area contributed by atoms with Crippen LogP contribution in [0.25, 0.3) is 0 Å². The molecule has 8 heteroatoms. The summed E-state index contributed by atoms with van der Waals surface area (Å²) in [6.07, 6.45) is 24.8. The monoisotopic (exact) mass is 576 g/mol. The molecule has 0 bridgehead atoms. The molecule has 0 fully saturated rings. The Morgan fingerprint density at radius 2 is 1.26 bits per heavy atom. The average Bonchev–Trinajstić information content (AvgIpc) is 2.82. The zero-order valence-electron chi connectivity index (χ0n) is 26.5. The molecule has 0 saturated heterocycles. The third-order valence-corrected chi connectivity index (χ3v) is 6.96. The first kappa shape index (κ1) is 38.5. The van der Waals surface area contributed by atoms with Gasteiger partial charge in [-0.15, -0.1) is 0 Å². The van der Waals surface area contributed by atoms with Gasteiger partial charge < -0.3 is 18.9 Å². The number of phosphoric ester groups is 1. The normalized spacial score (nSPS) is 15.4. The molecule has 0 heterocycles. The molecular formula is C31H63NO6P+. The van der Waals surface area contributed by atoms with Gasteiger partial charge >= 0.3 is 7.82 Å². The van der Waals surface area contributed by atoms with Crippen molar-refractivity contribution in [1.82, 2.24) is 0 Å². The van der Waals surface area contributed by atoms with Gasteiger partial charge in [0.15, 0.2) is 0 Å². The molecule has 39 heavy (non-hydrogen) atoms. The van der Waals surface area contributed by atoms with Crippen molar-refractivity contribution in [2.45, 2.75) is 123 Å². The van der Waals surface area contributed by atoms with Crippen LogP contribution in [0.3, 0.4) is 0 Å². The Morgan fingerprint density at radius 3 is 1.74 bits per heavy atom. The van der Waals surface area contributed by atoms with Crippen LogP contribution in [0.15, 0.2) is 24.3 Å². The van der Waals surface area contributed by atoms with E-state index < -0.39 is 19.5 Å².